The Labute approximate surface area is 143 Å². The molecule has 21 heavy (non-hydrogen) atoms. The molecule has 2 nitrogen and oxygen atoms in total. The van der Waals surface area contributed by atoms with Crippen LogP contribution < -0.4 is 5.32 Å². The van der Waals surface area contributed by atoms with E-state index in [1.807, 2.05) is 6.07 Å². The SMILES string of the molecule is Clc1cc(Cl)c(Cl)c([C@H](c2cccs2)N2CCNCC2)c1. The van der Waals surface area contributed by atoms with Gasteiger partial charge in [-0.15, -0.1) is 11.3 Å². The molecule has 0 unspecified atom stereocenters. The Kier molecular flexibility index (Phi) is 5.10. The molecule has 1 aromatic heterocycles. The molecular formula is C15H15Cl3N2S. The Morgan fingerprint density at radius 2 is 1.90 bits per heavy atom. The van der Waals surface area contributed by atoms with E-state index in [0.29, 0.717) is 15.1 Å². The van der Waals surface area contributed by atoms with E-state index in [-0.39, 0.29) is 6.04 Å². The molecule has 1 N–H and O–H groups in total. The number of nitrogens with zero attached hydrogens (tertiary/aromatic N) is 1. The predicted molar refractivity (Wildman–Crippen MR) is 92.1 cm³/mol. The van der Waals surface area contributed by atoms with Gasteiger partial charge in [-0.25, -0.2) is 0 Å². The molecule has 0 bridgehead atoms. The third-order valence-electron chi connectivity index (χ3n) is 3.65. The van der Waals surface area contributed by atoms with Crippen LogP contribution in [0.3, 0.4) is 0 Å². The van der Waals surface area contributed by atoms with Crippen molar-refractivity contribution >= 4 is 46.1 Å². The third-order valence-corrected chi connectivity index (χ3v) is 5.60. The van der Waals surface area contributed by atoms with Crippen molar-refractivity contribution in [1.82, 2.24) is 10.2 Å². The van der Waals surface area contributed by atoms with Gasteiger partial charge in [-0.3, -0.25) is 4.90 Å². The van der Waals surface area contributed by atoms with Crippen LogP contribution >= 0.6 is 46.1 Å². The van der Waals surface area contributed by atoms with Crippen LogP contribution in [0, 0.1) is 0 Å². The zero-order valence-corrected chi connectivity index (χ0v) is 14.4. The summed E-state index contributed by atoms with van der Waals surface area (Å²) >= 11 is 20.6. The fourth-order valence-corrected chi connectivity index (χ4v) is 4.29. The van der Waals surface area contributed by atoms with Crippen LogP contribution in [0.15, 0.2) is 29.6 Å². The molecule has 6 heteroatoms. The van der Waals surface area contributed by atoms with Crippen molar-refractivity contribution < 1.29 is 0 Å². The topological polar surface area (TPSA) is 15.3 Å². The van der Waals surface area contributed by atoms with E-state index in [0.717, 1.165) is 31.7 Å². The molecule has 0 aliphatic carbocycles. The Hall–Kier alpha value is -0.290. The molecule has 1 aliphatic rings. The molecule has 1 aromatic carbocycles. The van der Waals surface area contributed by atoms with Gasteiger partial charge in [0, 0.05) is 36.1 Å². The van der Waals surface area contributed by atoms with E-state index in [1.54, 1.807) is 17.4 Å². The number of thiophene rings is 1. The van der Waals surface area contributed by atoms with Crippen molar-refractivity contribution in [3.63, 3.8) is 0 Å². The molecule has 1 atom stereocenters. The summed E-state index contributed by atoms with van der Waals surface area (Å²) in [5, 5.41) is 7.20. The number of nitrogens with one attached hydrogen (secondary N) is 1. The molecule has 2 aromatic rings. The number of rotatable bonds is 3. The molecule has 0 spiro atoms. The molecule has 0 saturated carbocycles. The molecular weight excluding hydrogens is 347 g/mol. The average molecular weight is 362 g/mol. The first-order valence-corrected chi connectivity index (χ1v) is 8.81. The summed E-state index contributed by atoms with van der Waals surface area (Å²) < 4.78 is 0. The van der Waals surface area contributed by atoms with Crippen molar-refractivity contribution in [3.05, 3.63) is 55.2 Å². The van der Waals surface area contributed by atoms with Crippen molar-refractivity contribution in [1.29, 1.82) is 0 Å². The number of hydrogen-bond donors (Lipinski definition) is 1. The standard InChI is InChI=1S/C15H15Cl3N2S/c16-10-8-11(14(18)12(17)9-10)15(13-2-1-7-21-13)20-5-3-19-4-6-20/h1-2,7-9,15,19H,3-6H2/t15-/m1/s1. The lowest BCUT2D eigenvalue weighted by atomic mass is 10.0. The van der Waals surface area contributed by atoms with Gasteiger partial charge in [0.1, 0.15) is 0 Å². The van der Waals surface area contributed by atoms with E-state index in [1.165, 1.54) is 4.88 Å². The molecule has 112 valence electrons. The van der Waals surface area contributed by atoms with Gasteiger partial charge in [0.25, 0.3) is 0 Å². The Bertz CT molecular complexity index is 610. The summed E-state index contributed by atoms with van der Waals surface area (Å²) in [7, 11) is 0. The van der Waals surface area contributed by atoms with Gasteiger partial charge in [-0.05, 0) is 29.1 Å². The summed E-state index contributed by atoms with van der Waals surface area (Å²) in [6.07, 6.45) is 0. The normalized spacial score (nSPS) is 17.9. The average Bonchev–Trinajstić information content (AvgIpc) is 2.99. The largest absolute Gasteiger partial charge is 0.314 e. The van der Waals surface area contributed by atoms with Gasteiger partial charge in [-0.2, -0.15) is 0 Å². The van der Waals surface area contributed by atoms with Crippen molar-refractivity contribution in [3.8, 4) is 0 Å². The van der Waals surface area contributed by atoms with Gasteiger partial charge in [0.05, 0.1) is 16.1 Å². The highest BCUT2D eigenvalue weighted by Gasteiger charge is 2.27. The predicted octanol–water partition coefficient (Wildman–Crippen LogP) is 4.70. The van der Waals surface area contributed by atoms with Gasteiger partial charge in [-0.1, -0.05) is 40.9 Å². The lowest BCUT2D eigenvalue weighted by Gasteiger charge is -2.35. The Morgan fingerprint density at radius 3 is 2.57 bits per heavy atom. The molecule has 1 aliphatic heterocycles. The second-order valence-electron chi connectivity index (χ2n) is 4.99. The van der Waals surface area contributed by atoms with E-state index >= 15 is 0 Å². The Balaban J connectivity index is 2.07. The van der Waals surface area contributed by atoms with E-state index in [2.05, 4.69) is 27.7 Å². The van der Waals surface area contributed by atoms with Crippen LogP contribution in [0.25, 0.3) is 0 Å². The van der Waals surface area contributed by atoms with Gasteiger partial charge >= 0.3 is 0 Å². The minimum absolute atomic E-state index is 0.107. The highest BCUT2D eigenvalue weighted by Crippen LogP contribution is 2.40. The van der Waals surface area contributed by atoms with Crippen molar-refractivity contribution in [2.24, 2.45) is 0 Å². The van der Waals surface area contributed by atoms with Crippen molar-refractivity contribution in [2.45, 2.75) is 6.04 Å². The molecule has 1 fully saturated rings. The summed E-state index contributed by atoms with van der Waals surface area (Å²) in [6, 6.07) is 7.94. The first-order chi connectivity index (χ1) is 10.2. The number of hydrogen-bond acceptors (Lipinski definition) is 3. The smallest absolute Gasteiger partial charge is 0.0712 e. The second-order valence-corrected chi connectivity index (χ2v) is 7.20. The summed E-state index contributed by atoms with van der Waals surface area (Å²) in [4.78, 5) is 3.69. The van der Waals surface area contributed by atoms with Crippen molar-refractivity contribution in [2.75, 3.05) is 26.2 Å². The van der Waals surface area contributed by atoms with Crippen LogP contribution in [-0.2, 0) is 0 Å². The highest BCUT2D eigenvalue weighted by atomic mass is 35.5. The second kappa shape index (κ2) is 6.86. The van der Waals surface area contributed by atoms with Crippen LogP contribution in [0.5, 0.6) is 0 Å². The summed E-state index contributed by atoms with van der Waals surface area (Å²) in [6.45, 7) is 3.91. The quantitative estimate of drug-likeness (QED) is 0.797. The maximum Gasteiger partial charge on any atom is 0.0712 e. The van der Waals surface area contributed by atoms with E-state index < -0.39 is 0 Å². The number of halogens is 3. The molecule has 1 saturated heterocycles. The summed E-state index contributed by atoms with van der Waals surface area (Å²) in [5.41, 5.74) is 0.985. The zero-order chi connectivity index (χ0) is 14.8. The fourth-order valence-electron chi connectivity index (χ4n) is 2.69. The summed E-state index contributed by atoms with van der Waals surface area (Å²) in [5.74, 6) is 0. The maximum absolute atomic E-state index is 6.47. The zero-order valence-electron chi connectivity index (χ0n) is 11.3. The van der Waals surface area contributed by atoms with E-state index in [4.69, 9.17) is 34.8 Å². The minimum atomic E-state index is 0.107. The maximum atomic E-state index is 6.47. The third kappa shape index (κ3) is 3.39. The first kappa shape index (κ1) is 15.6. The number of piperazine rings is 1. The van der Waals surface area contributed by atoms with Crippen LogP contribution in [-0.4, -0.2) is 31.1 Å². The van der Waals surface area contributed by atoms with Gasteiger partial charge in [0.2, 0.25) is 0 Å². The van der Waals surface area contributed by atoms with Gasteiger partial charge < -0.3 is 5.32 Å². The molecule has 0 radical (unpaired) electrons. The lowest BCUT2D eigenvalue weighted by molar-refractivity contribution is 0.201. The monoisotopic (exact) mass is 360 g/mol. The minimum Gasteiger partial charge on any atom is -0.314 e. The lowest BCUT2D eigenvalue weighted by Crippen LogP contribution is -2.45. The van der Waals surface area contributed by atoms with Crippen LogP contribution in [0.2, 0.25) is 15.1 Å². The van der Waals surface area contributed by atoms with Gasteiger partial charge in [0.15, 0.2) is 0 Å². The fraction of sp³-hybridized carbons (Fsp3) is 0.333. The highest BCUT2D eigenvalue weighted by molar-refractivity contribution is 7.10. The first-order valence-electron chi connectivity index (χ1n) is 6.79. The van der Waals surface area contributed by atoms with Crippen LogP contribution in [0.1, 0.15) is 16.5 Å². The number of benzene rings is 1. The van der Waals surface area contributed by atoms with E-state index in [9.17, 15) is 0 Å². The Morgan fingerprint density at radius 1 is 1.14 bits per heavy atom. The molecule has 3 rings (SSSR count). The van der Waals surface area contributed by atoms with Crippen LogP contribution in [0.4, 0.5) is 0 Å². The molecule has 2 heterocycles. The molecule has 0 amide bonds.